The largest absolute Gasteiger partial charge is 0.491 e. The van der Waals surface area contributed by atoms with Crippen LogP contribution in [0.4, 0.5) is 0 Å². The molecule has 1 fully saturated rings. The third-order valence-corrected chi connectivity index (χ3v) is 6.59. The number of β-amino-alcohol motifs (C(OH)–C–C–N with tert-alkyl or cyclic N) is 1. The van der Waals surface area contributed by atoms with Crippen LogP contribution in [0.5, 0.6) is 5.75 Å². The summed E-state index contributed by atoms with van der Waals surface area (Å²) in [5, 5.41) is 10.5. The highest BCUT2D eigenvalue weighted by Gasteiger charge is 2.19. The number of nitrogens with zero attached hydrogens (tertiary/aromatic N) is 1. The Morgan fingerprint density at radius 2 is 1.83 bits per heavy atom. The minimum atomic E-state index is -0.467. The van der Waals surface area contributed by atoms with Gasteiger partial charge in [-0.05, 0) is 54.0 Å². The fourth-order valence-corrected chi connectivity index (χ4v) is 4.89. The second kappa shape index (κ2) is 10.3. The number of hydrogen-bond acceptors (Lipinski definition) is 3. The Morgan fingerprint density at radius 1 is 1.00 bits per heavy atom. The van der Waals surface area contributed by atoms with Gasteiger partial charge in [-0.25, -0.2) is 0 Å². The van der Waals surface area contributed by atoms with Gasteiger partial charge in [-0.2, -0.15) is 0 Å². The molecule has 0 aromatic heterocycles. The lowest BCUT2D eigenvalue weighted by Crippen LogP contribution is -2.38. The first-order chi connectivity index (χ1) is 14.3. The van der Waals surface area contributed by atoms with E-state index in [1.807, 2.05) is 6.07 Å². The van der Waals surface area contributed by atoms with Crippen LogP contribution in [0.1, 0.15) is 55.2 Å². The second-order valence-electron chi connectivity index (χ2n) is 8.91. The molecule has 1 N–H and O–H groups in total. The summed E-state index contributed by atoms with van der Waals surface area (Å²) >= 11 is 0. The summed E-state index contributed by atoms with van der Waals surface area (Å²) in [5.41, 5.74) is 4.19. The molecule has 1 heterocycles. The SMILES string of the molecule is OC(COc1cccc(CCC2CCCCC2)c1)CN1CCc2ccccc2C1. The predicted molar refractivity (Wildman–Crippen MR) is 118 cm³/mol. The fourth-order valence-electron chi connectivity index (χ4n) is 4.89. The van der Waals surface area contributed by atoms with Crippen LogP contribution in [0.15, 0.2) is 48.5 Å². The average Bonchev–Trinajstić information content (AvgIpc) is 2.77. The molecule has 4 rings (SSSR count). The molecule has 156 valence electrons. The number of fused-ring (bicyclic) bond motifs is 1. The van der Waals surface area contributed by atoms with Gasteiger partial charge in [-0.3, -0.25) is 4.90 Å². The molecule has 0 radical (unpaired) electrons. The summed E-state index contributed by atoms with van der Waals surface area (Å²) in [6.07, 6.45) is 10.1. The molecule has 2 aromatic rings. The predicted octanol–water partition coefficient (Wildman–Crippen LogP) is 5.00. The summed E-state index contributed by atoms with van der Waals surface area (Å²) < 4.78 is 5.93. The van der Waals surface area contributed by atoms with Crippen LogP contribution >= 0.6 is 0 Å². The highest BCUT2D eigenvalue weighted by molar-refractivity contribution is 5.29. The molecular formula is C26H35NO2. The van der Waals surface area contributed by atoms with Crippen molar-refractivity contribution in [3.8, 4) is 5.75 Å². The molecule has 2 aromatic carbocycles. The van der Waals surface area contributed by atoms with Crippen LogP contribution in [0.3, 0.4) is 0 Å². The van der Waals surface area contributed by atoms with Crippen molar-refractivity contribution in [3.05, 3.63) is 65.2 Å². The molecule has 0 amide bonds. The Hall–Kier alpha value is -1.84. The summed E-state index contributed by atoms with van der Waals surface area (Å²) in [5.74, 6) is 1.79. The number of benzene rings is 2. The maximum Gasteiger partial charge on any atom is 0.119 e. The van der Waals surface area contributed by atoms with E-state index in [1.165, 1.54) is 55.2 Å². The molecular weight excluding hydrogens is 358 g/mol. The van der Waals surface area contributed by atoms with Gasteiger partial charge in [0.1, 0.15) is 18.5 Å². The van der Waals surface area contributed by atoms with Crippen LogP contribution in [-0.2, 0) is 19.4 Å². The molecule has 29 heavy (non-hydrogen) atoms. The topological polar surface area (TPSA) is 32.7 Å². The standard InChI is InChI=1S/C26H35NO2/c28-25(19-27-16-15-23-10-4-5-11-24(23)18-27)20-29-26-12-6-9-22(17-26)14-13-21-7-2-1-3-8-21/h4-6,9-12,17,21,25,28H,1-3,7-8,13-16,18-20H2. The molecule has 1 aliphatic carbocycles. The van der Waals surface area contributed by atoms with Crippen molar-refractivity contribution in [2.24, 2.45) is 5.92 Å². The summed E-state index contributed by atoms with van der Waals surface area (Å²) in [7, 11) is 0. The van der Waals surface area contributed by atoms with Crippen molar-refractivity contribution in [3.63, 3.8) is 0 Å². The number of aliphatic hydroxyl groups is 1. The zero-order chi connectivity index (χ0) is 19.9. The Bertz CT molecular complexity index is 769. The third kappa shape index (κ3) is 6.07. The lowest BCUT2D eigenvalue weighted by molar-refractivity contribution is 0.0637. The van der Waals surface area contributed by atoms with E-state index in [9.17, 15) is 5.11 Å². The zero-order valence-electron chi connectivity index (χ0n) is 17.6. The molecule has 1 atom stereocenters. The van der Waals surface area contributed by atoms with Crippen LogP contribution < -0.4 is 4.74 Å². The minimum absolute atomic E-state index is 0.351. The number of aryl methyl sites for hydroxylation is 1. The van der Waals surface area contributed by atoms with E-state index >= 15 is 0 Å². The summed E-state index contributed by atoms with van der Waals surface area (Å²) in [6.45, 7) is 2.94. The van der Waals surface area contributed by atoms with E-state index in [2.05, 4.69) is 47.4 Å². The Kier molecular flexibility index (Phi) is 7.23. The number of hydrogen-bond donors (Lipinski definition) is 1. The number of ether oxygens (including phenoxy) is 1. The molecule has 0 spiro atoms. The Balaban J connectivity index is 1.21. The van der Waals surface area contributed by atoms with Gasteiger partial charge in [-0.15, -0.1) is 0 Å². The zero-order valence-corrected chi connectivity index (χ0v) is 17.6. The van der Waals surface area contributed by atoms with Gasteiger partial charge in [0.25, 0.3) is 0 Å². The van der Waals surface area contributed by atoms with Gasteiger partial charge in [0, 0.05) is 19.6 Å². The van der Waals surface area contributed by atoms with Crippen LogP contribution in [0.25, 0.3) is 0 Å². The number of rotatable bonds is 8. The highest BCUT2D eigenvalue weighted by Crippen LogP contribution is 2.28. The molecule has 3 heteroatoms. The Labute approximate surface area is 175 Å². The van der Waals surface area contributed by atoms with Gasteiger partial charge in [0.05, 0.1) is 0 Å². The second-order valence-corrected chi connectivity index (χ2v) is 8.91. The van der Waals surface area contributed by atoms with Gasteiger partial charge in [-0.1, -0.05) is 68.5 Å². The van der Waals surface area contributed by atoms with E-state index in [0.29, 0.717) is 13.2 Å². The molecule has 1 saturated carbocycles. The molecule has 0 bridgehead atoms. The van der Waals surface area contributed by atoms with Gasteiger partial charge >= 0.3 is 0 Å². The average molecular weight is 394 g/mol. The van der Waals surface area contributed by atoms with Crippen LogP contribution in [-0.4, -0.2) is 35.8 Å². The van der Waals surface area contributed by atoms with Crippen molar-refractivity contribution in [1.82, 2.24) is 4.90 Å². The molecule has 2 aliphatic rings. The van der Waals surface area contributed by atoms with Gasteiger partial charge in [0.15, 0.2) is 0 Å². The monoisotopic (exact) mass is 393 g/mol. The molecule has 1 aliphatic heterocycles. The lowest BCUT2D eigenvalue weighted by atomic mass is 9.85. The van der Waals surface area contributed by atoms with E-state index in [1.54, 1.807) is 0 Å². The maximum atomic E-state index is 10.5. The van der Waals surface area contributed by atoms with Gasteiger partial charge < -0.3 is 9.84 Å². The molecule has 3 nitrogen and oxygen atoms in total. The first-order valence-electron chi connectivity index (χ1n) is 11.5. The number of aliphatic hydroxyl groups excluding tert-OH is 1. The summed E-state index contributed by atoms with van der Waals surface area (Å²) in [6, 6.07) is 17.1. The van der Waals surface area contributed by atoms with Crippen LogP contribution in [0, 0.1) is 5.92 Å². The van der Waals surface area contributed by atoms with Crippen molar-refractivity contribution in [2.75, 3.05) is 19.7 Å². The van der Waals surface area contributed by atoms with E-state index in [4.69, 9.17) is 4.74 Å². The first kappa shape index (κ1) is 20.4. The quantitative estimate of drug-likeness (QED) is 0.685. The smallest absolute Gasteiger partial charge is 0.119 e. The van der Waals surface area contributed by atoms with Crippen molar-refractivity contribution in [1.29, 1.82) is 0 Å². The first-order valence-corrected chi connectivity index (χ1v) is 11.5. The molecule has 0 saturated heterocycles. The molecule has 1 unspecified atom stereocenters. The minimum Gasteiger partial charge on any atom is -0.491 e. The van der Waals surface area contributed by atoms with E-state index < -0.39 is 6.10 Å². The van der Waals surface area contributed by atoms with E-state index in [0.717, 1.165) is 37.6 Å². The van der Waals surface area contributed by atoms with Crippen molar-refractivity contribution in [2.45, 2.75) is 64.0 Å². The van der Waals surface area contributed by atoms with Crippen molar-refractivity contribution >= 4 is 0 Å². The summed E-state index contributed by atoms with van der Waals surface area (Å²) in [4.78, 5) is 2.33. The Morgan fingerprint density at radius 3 is 2.69 bits per heavy atom. The van der Waals surface area contributed by atoms with E-state index in [-0.39, 0.29) is 0 Å². The third-order valence-electron chi connectivity index (χ3n) is 6.59. The normalized spacial score (nSPS) is 18.9. The van der Waals surface area contributed by atoms with Crippen molar-refractivity contribution < 1.29 is 9.84 Å². The fraction of sp³-hybridized carbons (Fsp3) is 0.538. The maximum absolute atomic E-state index is 10.5. The van der Waals surface area contributed by atoms with Crippen LogP contribution in [0.2, 0.25) is 0 Å². The highest BCUT2D eigenvalue weighted by atomic mass is 16.5. The lowest BCUT2D eigenvalue weighted by Gasteiger charge is -2.30. The van der Waals surface area contributed by atoms with Gasteiger partial charge in [0.2, 0.25) is 0 Å².